The van der Waals surface area contributed by atoms with E-state index in [1.54, 1.807) is 6.20 Å². The molecule has 0 bridgehead atoms. The van der Waals surface area contributed by atoms with Gasteiger partial charge in [0.25, 0.3) is 0 Å². The van der Waals surface area contributed by atoms with Crippen LogP contribution in [0.2, 0.25) is 0 Å². The van der Waals surface area contributed by atoms with Gasteiger partial charge in [0.1, 0.15) is 23.7 Å². The third kappa shape index (κ3) is 5.73. The molecule has 0 amide bonds. The van der Waals surface area contributed by atoms with Crippen LogP contribution in [0.1, 0.15) is 18.4 Å². The topological polar surface area (TPSA) is 93.4 Å². The van der Waals surface area contributed by atoms with Gasteiger partial charge in [-0.05, 0) is 63.3 Å². The molecule has 0 saturated carbocycles. The van der Waals surface area contributed by atoms with E-state index in [2.05, 4.69) is 61.2 Å². The molecule has 5 rings (SSSR count). The molecule has 1 N–H and O–H groups in total. The minimum Gasteiger partial charge on any atom is -0.489 e. The van der Waals surface area contributed by atoms with Crippen molar-refractivity contribution in [3.63, 3.8) is 0 Å². The fourth-order valence-electron chi connectivity index (χ4n) is 4.57. The summed E-state index contributed by atoms with van der Waals surface area (Å²) in [6, 6.07) is 13.8. The summed E-state index contributed by atoms with van der Waals surface area (Å²) in [6.45, 7) is 6.13. The highest BCUT2D eigenvalue weighted by atomic mass is 16.5. The maximum absolute atomic E-state index is 9.74. The molecule has 9 nitrogen and oxygen atoms in total. The van der Waals surface area contributed by atoms with Gasteiger partial charge in [-0.3, -0.25) is 0 Å². The van der Waals surface area contributed by atoms with Crippen LogP contribution in [-0.2, 0) is 0 Å². The van der Waals surface area contributed by atoms with Crippen LogP contribution < -0.4 is 15.0 Å². The van der Waals surface area contributed by atoms with Crippen LogP contribution in [0.5, 0.6) is 5.75 Å². The van der Waals surface area contributed by atoms with Gasteiger partial charge in [0.05, 0.1) is 23.1 Å². The van der Waals surface area contributed by atoms with Crippen molar-refractivity contribution in [1.29, 1.82) is 5.26 Å². The molecule has 2 aromatic heterocycles. The molecule has 0 spiro atoms. The van der Waals surface area contributed by atoms with Gasteiger partial charge in [0.15, 0.2) is 0 Å². The van der Waals surface area contributed by atoms with E-state index in [0.29, 0.717) is 23.1 Å². The van der Waals surface area contributed by atoms with E-state index in [0.717, 1.165) is 69.1 Å². The largest absolute Gasteiger partial charge is 0.489 e. The first kappa shape index (κ1) is 24.0. The van der Waals surface area contributed by atoms with Gasteiger partial charge in [-0.1, -0.05) is 0 Å². The number of benzene rings is 1. The first-order valence-corrected chi connectivity index (χ1v) is 12.5. The van der Waals surface area contributed by atoms with Crippen molar-refractivity contribution < 1.29 is 4.74 Å². The van der Waals surface area contributed by atoms with E-state index in [4.69, 9.17) is 4.74 Å². The normalized spacial score (nSPS) is 17.5. The zero-order valence-corrected chi connectivity index (χ0v) is 20.9. The Kier molecular flexibility index (Phi) is 7.26. The molecule has 186 valence electrons. The number of rotatable bonds is 6. The number of likely N-dealkylation sites (N-methyl/N-ethyl adjacent to an activating group) is 1. The number of piperidine rings is 1. The second kappa shape index (κ2) is 10.9. The minimum absolute atomic E-state index is 0.143. The van der Waals surface area contributed by atoms with Gasteiger partial charge in [-0.25, -0.2) is 15.0 Å². The monoisotopic (exact) mass is 484 g/mol. The van der Waals surface area contributed by atoms with Crippen molar-refractivity contribution >= 4 is 17.5 Å². The number of hydrogen-bond donors (Lipinski definition) is 1. The molecule has 1 aromatic carbocycles. The predicted octanol–water partition coefficient (Wildman–Crippen LogP) is 3.38. The first-order chi connectivity index (χ1) is 17.6. The Morgan fingerprint density at radius 1 is 0.944 bits per heavy atom. The van der Waals surface area contributed by atoms with Crippen LogP contribution in [0.4, 0.5) is 17.5 Å². The van der Waals surface area contributed by atoms with Gasteiger partial charge < -0.3 is 24.8 Å². The fraction of sp³-hybridized carbons (Fsp3) is 0.407. The maximum atomic E-state index is 9.74. The molecule has 3 aromatic rings. The van der Waals surface area contributed by atoms with Gasteiger partial charge in [-0.2, -0.15) is 5.26 Å². The third-order valence-corrected chi connectivity index (χ3v) is 6.87. The minimum atomic E-state index is 0.143. The molecule has 36 heavy (non-hydrogen) atoms. The van der Waals surface area contributed by atoms with Crippen molar-refractivity contribution in [2.45, 2.75) is 18.9 Å². The lowest BCUT2D eigenvalue weighted by Crippen LogP contribution is -2.44. The number of nitrogens with one attached hydrogen (secondary N) is 1. The number of nitrogens with zero attached hydrogens (tertiary/aromatic N) is 7. The summed E-state index contributed by atoms with van der Waals surface area (Å²) in [4.78, 5) is 20.5. The molecule has 2 fully saturated rings. The first-order valence-electron chi connectivity index (χ1n) is 12.5. The number of anilines is 3. The van der Waals surface area contributed by atoms with Crippen molar-refractivity contribution in [2.24, 2.45) is 0 Å². The average Bonchev–Trinajstić information content (AvgIpc) is 2.91. The Hall–Kier alpha value is -3.74. The number of ether oxygens (including phenoxy) is 1. The highest BCUT2D eigenvalue weighted by molar-refractivity contribution is 5.65. The molecule has 2 aliphatic rings. The van der Waals surface area contributed by atoms with E-state index >= 15 is 0 Å². The molecule has 2 saturated heterocycles. The molecular formula is C27H32N8O. The summed E-state index contributed by atoms with van der Waals surface area (Å²) >= 11 is 0. The Morgan fingerprint density at radius 3 is 2.44 bits per heavy atom. The van der Waals surface area contributed by atoms with E-state index < -0.39 is 0 Å². The molecule has 0 radical (unpaired) electrons. The second-order valence-corrected chi connectivity index (χ2v) is 9.53. The molecule has 0 aliphatic carbocycles. The summed E-state index contributed by atoms with van der Waals surface area (Å²) in [5.74, 6) is 1.77. The van der Waals surface area contributed by atoms with Crippen molar-refractivity contribution in [3.05, 3.63) is 54.4 Å². The predicted molar refractivity (Wildman–Crippen MR) is 141 cm³/mol. The van der Waals surface area contributed by atoms with Crippen molar-refractivity contribution in [3.8, 4) is 23.1 Å². The number of piperazine rings is 1. The molecule has 9 heteroatoms. The van der Waals surface area contributed by atoms with E-state index in [1.807, 2.05) is 36.5 Å². The zero-order chi connectivity index (χ0) is 24.9. The maximum Gasteiger partial charge on any atom is 0.228 e. The number of pyridine rings is 1. The molecule has 2 aliphatic heterocycles. The molecule has 0 unspecified atom stereocenters. The lowest BCUT2D eigenvalue weighted by atomic mass is 10.1. The van der Waals surface area contributed by atoms with Crippen LogP contribution >= 0.6 is 0 Å². The van der Waals surface area contributed by atoms with Crippen LogP contribution in [0.15, 0.2) is 48.8 Å². The highest BCUT2D eigenvalue weighted by Gasteiger charge is 2.20. The smallest absolute Gasteiger partial charge is 0.228 e. The molecule has 0 atom stereocenters. The second-order valence-electron chi connectivity index (χ2n) is 9.53. The molecular weight excluding hydrogens is 452 g/mol. The lowest BCUT2D eigenvalue weighted by Gasteiger charge is -2.33. The van der Waals surface area contributed by atoms with Gasteiger partial charge in [0, 0.05) is 51.0 Å². The van der Waals surface area contributed by atoms with Crippen LogP contribution in [0.25, 0.3) is 11.3 Å². The lowest BCUT2D eigenvalue weighted by molar-refractivity contribution is 0.114. The highest BCUT2D eigenvalue weighted by Crippen LogP contribution is 2.28. The van der Waals surface area contributed by atoms with Crippen molar-refractivity contribution in [2.75, 3.05) is 63.6 Å². The third-order valence-electron chi connectivity index (χ3n) is 6.87. The SMILES string of the molecule is CN1CCC(Oc2ccc(-c3ccnc(Nc4ccc(N5CCN(C)CC5)cn4)n3)cc2C#N)CC1. The Labute approximate surface area is 212 Å². The number of aromatic nitrogens is 3. The fourth-order valence-corrected chi connectivity index (χ4v) is 4.57. The number of nitriles is 1. The van der Waals surface area contributed by atoms with Gasteiger partial charge in [0.2, 0.25) is 5.95 Å². The Balaban J connectivity index is 1.26. The summed E-state index contributed by atoms with van der Waals surface area (Å²) in [5.41, 5.74) is 3.20. The van der Waals surface area contributed by atoms with Gasteiger partial charge >= 0.3 is 0 Å². The van der Waals surface area contributed by atoms with E-state index in [1.165, 1.54) is 0 Å². The van der Waals surface area contributed by atoms with Crippen molar-refractivity contribution in [1.82, 2.24) is 24.8 Å². The zero-order valence-electron chi connectivity index (χ0n) is 20.9. The summed E-state index contributed by atoms with van der Waals surface area (Å²) in [5, 5.41) is 12.9. The summed E-state index contributed by atoms with van der Waals surface area (Å²) in [6.07, 6.45) is 5.67. The number of likely N-dealkylation sites (tertiary alicyclic amines) is 1. The Morgan fingerprint density at radius 2 is 1.72 bits per heavy atom. The van der Waals surface area contributed by atoms with Crippen LogP contribution in [0.3, 0.4) is 0 Å². The Bertz CT molecular complexity index is 1210. The van der Waals surface area contributed by atoms with E-state index in [9.17, 15) is 5.26 Å². The van der Waals surface area contributed by atoms with E-state index in [-0.39, 0.29) is 6.10 Å². The summed E-state index contributed by atoms with van der Waals surface area (Å²) < 4.78 is 6.17. The summed E-state index contributed by atoms with van der Waals surface area (Å²) in [7, 11) is 4.27. The quantitative estimate of drug-likeness (QED) is 0.565. The molecule has 4 heterocycles. The standard InChI is InChI=1S/C27H32N8O/c1-33-11-8-23(9-12-33)36-25-5-3-20(17-21(25)18-28)24-7-10-29-27(31-24)32-26-6-4-22(19-30-26)35-15-13-34(2)14-16-35/h3-7,10,17,19,23H,8-9,11-16H2,1-2H3,(H,29,30,31,32). The number of hydrogen-bond acceptors (Lipinski definition) is 9. The average molecular weight is 485 g/mol. The van der Waals surface area contributed by atoms with Crippen LogP contribution in [0, 0.1) is 11.3 Å². The van der Waals surface area contributed by atoms with Gasteiger partial charge in [-0.15, -0.1) is 0 Å². The van der Waals surface area contributed by atoms with Crippen LogP contribution in [-0.4, -0.2) is 84.2 Å².